The van der Waals surface area contributed by atoms with E-state index in [1.807, 2.05) is 13.8 Å². The van der Waals surface area contributed by atoms with Crippen LogP contribution in [0.25, 0.3) is 0 Å². The molecule has 90 valence electrons. The fourth-order valence-corrected chi connectivity index (χ4v) is 1.59. The SMILES string of the molecule is C=C(C)[C@@]1(C)CC(=O)N1C(=O)OC(C)(C)C. The number of carbonyl (C=O) groups excluding carboxylic acids is 2. The minimum atomic E-state index is -0.594. The highest BCUT2D eigenvalue weighted by atomic mass is 16.6. The third-order valence-corrected chi connectivity index (χ3v) is 2.73. The molecule has 0 saturated carbocycles. The van der Waals surface area contributed by atoms with Gasteiger partial charge in [-0.15, -0.1) is 0 Å². The quantitative estimate of drug-likeness (QED) is 0.509. The molecule has 0 aromatic heterocycles. The van der Waals surface area contributed by atoms with Crippen LogP contribution in [0.2, 0.25) is 0 Å². The molecule has 1 atom stereocenters. The molecule has 1 fully saturated rings. The topological polar surface area (TPSA) is 46.6 Å². The van der Waals surface area contributed by atoms with Crippen LogP contribution in [0, 0.1) is 0 Å². The lowest BCUT2D eigenvalue weighted by molar-refractivity contribution is -0.149. The molecule has 0 spiro atoms. The summed E-state index contributed by atoms with van der Waals surface area (Å²) in [5.41, 5.74) is -0.388. The Bertz CT molecular complexity index is 354. The van der Waals surface area contributed by atoms with E-state index in [-0.39, 0.29) is 5.91 Å². The summed E-state index contributed by atoms with van der Waals surface area (Å²) in [4.78, 5) is 24.4. The van der Waals surface area contributed by atoms with Gasteiger partial charge in [-0.25, -0.2) is 9.69 Å². The highest BCUT2D eigenvalue weighted by molar-refractivity contribution is 6.00. The number of ether oxygens (including phenoxy) is 1. The third kappa shape index (κ3) is 2.10. The second-order valence-corrected chi connectivity index (χ2v) is 5.44. The largest absolute Gasteiger partial charge is 0.443 e. The molecule has 1 rings (SSSR count). The van der Waals surface area contributed by atoms with Crippen LogP contribution in [-0.2, 0) is 9.53 Å². The summed E-state index contributed by atoms with van der Waals surface area (Å²) < 4.78 is 5.18. The lowest BCUT2D eigenvalue weighted by atomic mass is 9.81. The first-order valence-electron chi connectivity index (χ1n) is 5.30. The number of carbonyl (C=O) groups is 2. The van der Waals surface area contributed by atoms with E-state index in [0.29, 0.717) is 6.42 Å². The molecular formula is C12H19NO3. The van der Waals surface area contributed by atoms with E-state index in [1.165, 1.54) is 0 Å². The molecule has 1 saturated heterocycles. The number of rotatable bonds is 1. The van der Waals surface area contributed by atoms with Crippen LogP contribution >= 0.6 is 0 Å². The van der Waals surface area contributed by atoms with Crippen LogP contribution in [0.5, 0.6) is 0 Å². The Hall–Kier alpha value is -1.32. The summed E-state index contributed by atoms with van der Waals surface area (Å²) >= 11 is 0. The molecule has 0 radical (unpaired) electrons. The summed E-state index contributed by atoms with van der Waals surface area (Å²) in [6.45, 7) is 12.8. The van der Waals surface area contributed by atoms with Crippen LogP contribution in [0.3, 0.4) is 0 Å². The molecule has 1 aliphatic heterocycles. The minimum Gasteiger partial charge on any atom is -0.443 e. The first kappa shape index (κ1) is 12.7. The second-order valence-electron chi connectivity index (χ2n) is 5.44. The van der Waals surface area contributed by atoms with Crippen molar-refractivity contribution in [2.75, 3.05) is 0 Å². The van der Waals surface area contributed by atoms with Gasteiger partial charge in [0.05, 0.1) is 12.0 Å². The summed E-state index contributed by atoms with van der Waals surface area (Å²) in [5, 5.41) is 0. The minimum absolute atomic E-state index is 0.209. The van der Waals surface area contributed by atoms with E-state index in [4.69, 9.17) is 4.74 Å². The maximum absolute atomic E-state index is 11.8. The highest BCUT2D eigenvalue weighted by Gasteiger charge is 2.52. The van der Waals surface area contributed by atoms with Gasteiger partial charge in [0.1, 0.15) is 5.60 Å². The zero-order valence-electron chi connectivity index (χ0n) is 10.6. The number of nitrogens with zero attached hydrogens (tertiary/aromatic N) is 1. The van der Waals surface area contributed by atoms with Crippen molar-refractivity contribution in [3.8, 4) is 0 Å². The molecule has 0 bridgehead atoms. The Balaban J connectivity index is 2.83. The van der Waals surface area contributed by atoms with E-state index in [2.05, 4.69) is 6.58 Å². The van der Waals surface area contributed by atoms with E-state index in [1.54, 1.807) is 20.8 Å². The summed E-state index contributed by atoms with van der Waals surface area (Å²) in [7, 11) is 0. The molecule has 16 heavy (non-hydrogen) atoms. The zero-order valence-corrected chi connectivity index (χ0v) is 10.6. The second kappa shape index (κ2) is 3.61. The van der Waals surface area contributed by atoms with Crippen molar-refractivity contribution in [3.63, 3.8) is 0 Å². The van der Waals surface area contributed by atoms with Gasteiger partial charge in [-0.1, -0.05) is 12.2 Å². The average Bonchev–Trinajstić information content (AvgIpc) is 1.97. The molecule has 4 heteroatoms. The monoisotopic (exact) mass is 225 g/mol. The van der Waals surface area contributed by atoms with Gasteiger partial charge >= 0.3 is 6.09 Å². The number of imide groups is 1. The lowest BCUT2D eigenvalue weighted by Gasteiger charge is -2.48. The van der Waals surface area contributed by atoms with Gasteiger partial charge in [0.2, 0.25) is 5.91 Å². The Labute approximate surface area is 96.3 Å². The predicted molar refractivity (Wildman–Crippen MR) is 60.9 cm³/mol. The molecule has 1 heterocycles. The van der Waals surface area contributed by atoms with Crippen LogP contribution in [0.1, 0.15) is 41.0 Å². The van der Waals surface area contributed by atoms with E-state index in [0.717, 1.165) is 10.5 Å². The van der Waals surface area contributed by atoms with Crippen molar-refractivity contribution in [1.82, 2.24) is 4.90 Å². The van der Waals surface area contributed by atoms with E-state index in [9.17, 15) is 9.59 Å². The molecule has 2 amide bonds. The van der Waals surface area contributed by atoms with Gasteiger partial charge in [-0.3, -0.25) is 4.79 Å². The van der Waals surface area contributed by atoms with Gasteiger partial charge in [-0.2, -0.15) is 0 Å². The van der Waals surface area contributed by atoms with Gasteiger partial charge in [0.15, 0.2) is 0 Å². The predicted octanol–water partition coefficient (Wildman–Crippen LogP) is 2.49. The van der Waals surface area contributed by atoms with Crippen LogP contribution < -0.4 is 0 Å². The molecule has 1 aliphatic rings. The Morgan fingerprint density at radius 3 is 2.31 bits per heavy atom. The Morgan fingerprint density at radius 2 is 2.00 bits per heavy atom. The molecule has 0 N–H and O–H groups in total. The maximum Gasteiger partial charge on any atom is 0.417 e. The summed E-state index contributed by atoms with van der Waals surface area (Å²) in [6.07, 6.45) is -0.268. The maximum atomic E-state index is 11.8. The van der Waals surface area contributed by atoms with Crippen molar-refractivity contribution in [2.24, 2.45) is 0 Å². The molecule has 0 aliphatic carbocycles. The van der Waals surface area contributed by atoms with Gasteiger partial charge < -0.3 is 4.74 Å². The number of β-lactam (4-membered cyclic amide) rings is 1. The normalized spacial score (nSPS) is 25.1. The highest BCUT2D eigenvalue weighted by Crippen LogP contribution is 2.38. The molecule has 0 aromatic carbocycles. The van der Waals surface area contributed by atoms with Crippen molar-refractivity contribution >= 4 is 12.0 Å². The van der Waals surface area contributed by atoms with E-state index >= 15 is 0 Å². The van der Waals surface area contributed by atoms with Crippen LogP contribution in [-0.4, -0.2) is 28.0 Å². The standard InChI is InChI=1S/C12H19NO3/c1-8(2)12(6)7-9(14)13(12)10(15)16-11(3,4)5/h1,7H2,2-6H3/t12-/m1/s1. The average molecular weight is 225 g/mol. The summed E-state index contributed by atoms with van der Waals surface area (Å²) in [5.74, 6) is -0.209. The molecular weight excluding hydrogens is 206 g/mol. The van der Waals surface area contributed by atoms with Crippen molar-refractivity contribution in [1.29, 1.82) is 0 Å². The fraction of sp³-hybridized carbons (Fsp3) is 0.667. The first-order chi connectivity index (χ1) is 7.08. The Kier molecular flexibility index (Phi) is 2.88. The van der Waals surface area contributed by atoms with Crippen molar-refractivity contribution in [2.45, 2.75) is 52.2 Å². The number of likely N-dealkylation sites (tertiary alicyclic amines) is 1. The van der Waals surface area contributed by atoms with Gasteiger partial charge in [-0.05, 0) is 34.6 Å². The van der Waals surface area contributed by atoms with Gasteiger partial charge in [0, 0.05) is 0 Å². The summed E-state index contributed by atoms with van der Waals surface area (Å²) in [6, 6.07) is 0. The number of hydrogen-bond donors (Lipinski definition) is 0. The fourth-order valence-electron chi connectivity index (χ4n) is 1.59. The number of amides is 2. The molecule has 4 nitrogen and oxygen atoms in total. The number of hydrogen-bond acceptors (Lipinski definition) is 3. The zero-order chi connectivity index (χ0) is 12.7. The van der Waals surface area contributed by atoms with Crippen LogP contribution in [0.15, 0.2) is 12.2 Å². The smallest absolute Gasteiger partial charge is 0.417 e. The molecule has 0 aromatic rings. The molecule has 0 unspecified atom stereocenters. The van der Waals surface area contributed by atoms with E-state index < -0.39 is 17.2 Å². The van der Waals surface area contributed by atoms with Crippen molar-refractivity contribution < 1.29 is 14.3 Å². The Morgan fingerprint density at radius 1 is 1.50 bits per heavy atom. The lowest BCUT2D eigenvalue weighted by Crippen LogP contribution is -2.65. The van der Waals surface area contributed by atoms with Crippen LogP contribution in [0.4, 0.5) is 4.79 Å². The van der Waals surface area contributed by atoms with Gasteiger partial charge in [0.25, 0.3) is 0 Å². The third-order valence-electron chi connectivity index (χ3n) is 2.73. The van der Waals surface area contributed by atoms with Crippen molar-refractivity contribution in [3.05, 3.63) is 12.2 Å². The first-order valence-corrected chi connectivity index (χ1v) is 5.30.